The zero-order valence-corrected chi connectivity index (χ0v) is 11.7. The lowest BCUT2D eigenvalue weighted by atomic mass is 10.1. The van der Waals surface area contributed by atoms with Crippen LogP contribution in [0.2, 0.25) is 0 Å². The van der Waals surface area contributed by atoms with Gasteiger partial charge in [-0.05, 0) is 25.5 Å². The molecule has 1 atom stereocenters. The molecule has 0 aliphatic rings. The Labute approximate surface area is 117 Å². The van der Waals surface area contributed by atoms with Crippen LogP contribution in [0.15, 0.2) is 18.2 Å². The average Bonchev–Trinajstić information content (AvgIpc) is 2.41. The minimum absolute atomic E-state index is 0.173. The zero-order valence-electron chi connectivity index (χ0n) is 11.7. The zero-order chi connectivity index (χ0) is 15.0. The summed E-state index contributed by atoms with van der Waals surface area (Å²) in [6.07, 6.45) is -0.0865. The Morgan fingerprint density at radius 1 is 1.50 bits per heavy atom. The summed E-state index contributed by atoms with van der Waals surface area (Å²) in [5.74, 6) is -0.612. The van der Waals surface area contributed by atoms with Crippen LogP contribution in [-0.4, -0.2) is 37.9 Å². The predicted octanol–water partition coefficient (Wildman–Crippen LogP) is 1.41. The van der Waals surface area contributed by atoms with E-state index in [9.17, 15) is 14.3 Å². The van der Waals surface area contributed by atoms with Crippen molar-refractivity contribution in [2.24, 2.45) is 0 Å². The summed E-state index contributed by atoms with van der Waals surface area (Å²) in [5, 5.41) is 12.2. The van der Waals surface area contributed by atoms with Crippen LogP contribution in [0.1, 0.15) is 25.0 Å². The van der Waals surface area contributed by atoms with Crippen molar-refractivity contribution < 1.29 is 23.8 Å². The van der Waals surface area contributed by atoms with Gasteiger partial charge in [0, 0.05) is 31.9 Å². The van der Waals surface area contributed by atoms with Gasteiger partial charge in [0.05, 0.1) is 6.10 Å². The molecule has 1 rings (SSSR count). The SMILES string of the molecule is COCCCNC(=O)COc1cc(F)ccc1[C@@H](C)O. The van der Waals surface area contributed by atoms with E-state index in [0.717, 1.165) is 6.07 Å². The summed E-state index contributed by atoms with van der Waals surface area (Å²) in [4.78, 5) is 11.5. The molecule has 20 heavy (non-hydrogen) atoms. The van der Waals surface area contributed by atoms with Gasteiger partial charge in [-0.1, -0.05) is 0 Å². The fourth-order valence-electron chi connectivity index (χ4n) is 1.62. The van der Waals surface area contributed by atoms with Gasteiger partial charge >= 0.3 is 0 Å². The number of nitrogens with one attached hydrogen (secondary N) is 1. The topological polar surface area (TPSA) is 67.8 Å². The van der Waals surface area contributed by atoms with Crippen LogP contribution in [0.25, 0.3) is 0 Å². The maximum absolute atomic E-state index is 13.1. The molecule has 0 aromatic heterocycles. The van der Waals surface area contributed by atoms with Crippen molar-refractivity contribution in [2.45, 2.75) is 19.4 Å². The van der Waals surface area contributed by atoms with Gasteiger partial charge in [-0.15, -0.1) is 0 Å². The van der Waals surface area contributed by atoms with E-state index in [1.807, 2.05) is 0 Å². The van der Waals surface area contributed by atoms with Crippen molar-refractivity contribution in [3.8, 4) is 5.75 Å². The monoisotopic (exact) mass is 285 g/mol. The maximum Gasteiger partial charge on any atom is 0.257 e. The molecule has 0 saturated carbocycles. The maximum atomic E-state index is 13.1. The molecule has 0 aliphatic heterocycles. The fraction of sp³-hybridized carbons (Fsp3) is 0.500. The van der Waals surface area contributed by atoms with E-state index in [4.69, 9.17) is 9.47 Å². The third-order valence-electron chi connectivity index (χ3n) is 2.63. The quantitative estimate of drug-likeness (QED) is 0.709. The molecule has 0 aliphatic carbocycles. The highest BCUT2D eigenvalue weighted by molar-refractivity contribution is 5.77. The number of aliphatic hydroxyl groups excluding tert-OH is 1. The third-order valence-corrected chi connectivity index (χ3v) is 2.63. The number of benzene rings is 1. The van der Waals surface area contributed by atoms with Gasteiger partial charge in [0.15, 0.2) is 6.61 Å². The van der Waals surface area contributed by atoms with Gasteiger partial charge in [-0.2, -0.15) is 0 Å². The van der Waals surface area contributed by atoms with Crippen molar-refractivity contribution in [3.63, 3.8) is 0 Å². The first-order valence-corrected chi connectivity index (χ1v) is 6.40. The minimum Gasteiger partial charge on any atom is -0.483 e. The Kier molecular flexibility index (Phi) is 6.97. The molecule has 2 N–H and O–H groups in total. The number of carbonyl (C=O) groups excluding carboxylic acids is 1. The fourth-order valence-corrected chi connectivity index (χ4v) is 1.62. The third kappa shape index (κ3) is 5.54. The Hall–Kier alpha value is -1.66. The molecule has 0 saturated heterocycles. The van der Waals surface area contributed by atoms with Crippen molar-refractivity contribution >= 4 is 5.91 Å². The molecule has 1 aromatic rings. The van der Waals surface area contributed by atoms with Gasteiger partial charge in [-0.25, -0.2) is 4.39 Å². The van der Waals surface area contributed by atoms with E-state index in [1.165, 1.54) is 12.1 Å². The van der Waals surface area contributed by atoms with Crippen molar-refractivity contribution in [1.82, 2.24) is 5.32 Å². The lowest BCUT2D eigenvalue weighted by Crippen LogP contribution is -2.30. The number of halogens is 1. The van der Waals surface area contributed by atoms with E-state index < -0.39 is 11.9 Å². The number of aliphatic hydroxyl groups is 1. The second-order valence-electron chi connectivity index (χ2n) is 4.34. The van der Waals surface area contributed by atoms with E-state index in [0.29, 0.717) is 25.1 Å². The summed E-state index contributed by atoms with van der Waals surface area (Å²) in [5.41, 5.74) is 0.443. The van der Waals surface area contributed by atoms with Crippen LogP contribution in [0.3, 0.4) is 0 Å². The van der Waals surface area contributed by atoms with Crippen LogP contribution in [0, 0.1) is 5.82 Å². The minimum atomic E-state index is -0.796. The first-order valence-electron chi connectivity index (χ1n) is 6.40. The second-order valence-corrected chi connectivity index (χ2v) is 4.34. The summed E-state index contributed by atoms with van der Waals surface area (Å²) in [6.45, 7) is 2.38. The number of hydrogen-bond acceptors (Lipinski definition) is 4. The number of methoxy groups -OCH3 is 1. The van der Waals surface area contributed by atoms with Crippen LogP contribution >= 0.6 is 0 Å². The van der Waals surface area contributed by atoms with Crippen LogP contribution in [0.4, 0.5) is 4.39 Å². The first kappa shape index (κ1) is 16.4. The van der Waals surface area contributed by atoms with Gasteiger partial charge < -0.3 is 19.9 Å². The first-order chi connectivity index (χ1) is 9.54. The summed E-state index contributed by atoms with van der Waals surface area (Å²) in [6, 6.07) is 3.83. The summed E-state index contributed by atoms with van der Waals surface area (Å²) >= 11 is 0. The average molecular weight is 285 g/mol. The molecule has 0 bridgehead atoms. The highest BCUT2D eigenvalue weighted by atomic mass is 19.1. The lowest BCUT2D eigenvalue weighted by Gasteiger charge is -2.13. The smallest absolute Gasteiger partial charge is 0.257 e. The number of carbonyl (C=O) groups is 1. The van der Waals surface area contributed by atoms with Gasteiger partial charge in [-0.3, -0.25) is 4.79 Å². The second kappa shape index (κ2) is 8.50. The number of ether oxygens (including phenoxy) is 2. The molecular weight excluding hydrogens is 265 g/mol. The highest BCUT2D eigenvalue weighted by Gasteiger charge is 2.11. The largest absolute Gasteiger partial charge is 0.483 e. The number of amides is 1. The Morgan fingerprint density at radius 3 is 2.90 bits per heavy atom. The Balaban J connectivity index is 2.48. The summed E-state index contributed by atoms with van der Waals surface area (Å²) < 4.78 is 23.3. The van der Waals surface area contributed by atoms with E-state index in [1.54, 1.807) is 14.0 Å². The molecule has 0 fully saturated rings. The van der Waals surface area contributed by atoms with Gasteiger partial charge in [0.1, 0.15) is 11.6 Å². The molecule has 0 radical (unpaired) electrons. The highest BCUT2D eigenvalue weighted by Crippen LogP contribution is 2.25. The van der Waals surface area contributed by atoms with Crippen molar-refractivity contribution in [2.75, 3.05) is 26.9 Å². The van der Waals surface area contributed by atoms with Crippen LogP contribution in [-0.2, 0) is 9.53 Å². The van der Waals surface area contributed by atoms with Crippen molar-refractivity contribution in [1.29, 1.82) is 0 Å². The molecule has 1 aromatic carbocycles. The molecule has 0 unspecified atom stereocenters. The molecule has 0 spiro atoms. The van der Waals surface area contributed by atoms with Crippen LogP contribution in [0.5, 0.6) is 5.75 Å². The number of hydrogen-bond donors (Lipinski definition) is 2. The number of rotatable bonds is 8. The van der Waals surface area contributed by atoms with Gasteiger partial charge in [0.25, 0.3) is 5.91 Å². The Bertz CT molecular complexity index is 437. The van der Waals surface area contributed by atoms with Crippen molar-refractivity contribution in [3.05, 3.63) is 29.6 Å². The molecule has 112 valence electrons. The molecular formula is C14H20FNO4. The Morgan fingerprint density at radius 2 is 2.25 bits per heavy atom. The van der Waals surface area contributed by atoms with Gasteiger partial charge in [0.2, 0.25) is 0 Å². The standard InChI is InChI=1S/C14H20FNO4/c1-10(17)12-5-4-11(15)8-13(12)20-9-14(18)16-6-3-7-19-2/h4-5,8,10,17H,3,6-7,9H2,1-2H3,(H,16,18)/t10-/m1/s1. The van der Waals surface area contributed by atoms with E-state index in [2.05, 4.69) is 5.32 Å². The molecule has 1 amide bonds. The lowest BCUT2D eigenvalue weighted by molar-refractivity contribution is -0.123. The molecule has 0 heterocycles. The van der Waals surface area contributed by atoms with E-state index in [-0.39, 0.29) is 18.3 Å². The molecule has 5 nitrogen and oxygen atoms in total. The van der Waals surface area contributed by atoms with Crippen LogP contribution < -0.4 is 10.1 Å². The molecule has 6 heteroatoms. The normalized spacial score (nSPS) is 12.0. The van der Waals surface area contributed by atoms with E-state index >= 15 is 0 Å². The predicted molar refractivity (Wildman–Crippen MR) is 72.0 cm³/mol. The summed E-state index contributed by atoms with van der Waals surface area (Å²) in [7, 11) is 1.59.